The molecule has 0 bridgehead atoms. The van der Waals surface area contributed by atoms with Gasteiger partial charge in [0.15, 0.2) is 0 Å². The van der Waals surface area contributed by atoms with Crippen molar-refractivity contribution in [3.05, 3.63) is 36.0 Å². The molecule has 3 amide bonds. The molecule has 11 heteroatoms. The Morgan fingerprint density at radius 3 is 2.38 bits per heavy atom. The smallest absolute Gasteiger partial charge is 0.327 e. The van der Waals surface area contributed by atoms with Crippen molar-refractivity contribution in [3.8, 4) is 0 Å². The number of carbonyl (C=O) groups excluding carboxylic acids is 3. The van der Waals surface area contributed by atoms with Gasteiger partial charge in [-0.1, -0.05) is 18.2 Å². The first-order chi connectivity index (χ1) is 13.7. The lowest BCUT2D eigenvalue weighted by Gasteiger charge is -2.21. The third kappa shape index (κ3) is 5.96. The molecule has 0 aliphatic carbocycles. The Kier molecular flexibility index (Phi) is 7.62. The summed E-state index contributed by atoms with van der Waals surface area (Å²) >= 11 is 3.85. The number of aromatic amines is 1. The third-order valence-electron chi connectivity index (χ3n) is 4.29. The van der Waals surface area contributed by atoms with Gasteiger partial charge in [0.05, 0.1) is 12.5 Å². The molecule has 0 saturated carbocycles. The van der Waals surface area contributed by atoms with Crippen LogP contribution in [-0.4, -0.2) is 57.7 Å². The van der Waals surface area contributed by atoms with Crippen molar-refractivity contribution >= 4 is 47.2 Å². The number of aliphatic carboxylic acids is 1. The van der Waals surface area contributed by atoms with E-state index in [-0.39, 0.29) is 12.2 Å². The van der Waals surface area contributed by atoms with Crippen LogP contribution in [0.1, 0.15) is 12.0 Å². The average molecular weight is 421 g/mol. The number of rotatable bonds is 10. The lowest BCUT2D eigenvalue weighted by molar-refractivity contribution is -0.141. The predicted octanol–water partition coefficient (Wildman–Crippen LogP) is -1.10. The predicted molar refractivity (Wildman–Crippen MR) is 109 cm³/mol. The largest absolute Gasteiger partial charge is 0.480 e. The second kappa shape index (κ2) is 9.94. The summed E-state index contributed by atoms with van der Waals surface area (Å²) in [5.74, 6) is -3.84. The number of benzene rings is 1. The van der Waals surface area contributed by atoms with Crippen molar-refractivity contribution in [2.24, 2.45) is 11.5 Å². The summed E-state index contributed by atoms with van der Waals surface area (Å²) in [6.07, 6.45) is 1.43. The molecule has 156 valence electrons. The van der Waals surface area contributed by atoms with Crippen LogP contribution in [0.4, 0.5) is 0 Å². The van der Waals surface area contributed by atoms with Gasteiger partial charge in [-0.3, -0.25) is 14.4 Å². The van der Waals surface area contributed by atoms with Crippen LogP contribution in [0.25, 0.3) is 10.9 Å². The van der Waals surface area contributed by atoms with E-state index >= 15 is 0 Å². The Morgan fingerprint density at radius 1 is 1.10 bits per heavy atom. The van der Waals surface area contributed by atoms with Crippen LogP contribution >= 0.6 is 12.6 Å². The molecular weight excluding hydrogens is 398 g/mol. The molecule has 0 fully saturated rings. The Bertz CT molecular complexity index is 915. The zero-order valence-corrected chi connectivity index (χ0v) is 16.3. The fourth-order valence-corrected chi connectivity index (χ4v) is 3.02. The molecule has 1 aromatic carbocycles. The topological polar surface area (TPSA) is 180 Å². The Hall–Kier alpha value is -3.05. The minimum atomic E-state index is -1.35. The molecule has 10 nitrogen and oxygen atoms in total. The first kappa shape index (κ1) is 22.2. The van der Waals surface area contributed by atoms with E-state index < -0.39 is 48.2 Å². The first-order valence-electron chi connectivity index (χ1n) is 8.76. The molecule has 2 rings (SSSR count). The number of H-pyrrole nitrogens is 1. The standard InChI is InChI=1S/C18H23N5O5S/c19-11(5-9-7-21-12-4-2-1-3-10(9)12)16(25)22-13(6-15(20)24)17(26)23-14(8-29)18(27)28/h1-4,7,11,13-14,21,29H,5-6,8,19H2,(H2,20,24)(H,22,25)(H,23,26)(H,27,28). The number of nitrogens with two attached hydrogens (primary N) is 2. The maximum Gasteiger partial charge on any atom is 0.327 e. The summed E-state index contributed by atoms with van der Waals surface area (Å²) in [6, 6.07) is 3.87. The van der Waals surface area contributed by atoms with Gasteiger partial charge in [0.1, 0.15) is 12.1 Å². The number of para-hydroxylation sites is 1. The van der Waals surface area contributed by atoms with E-state index in [1.807, 2.05) is 24.3 Å². The normalized spacial score (nSPS) is 14.0. The van der Waals surface area contributed by atoms with Crippen molar-refractivity contribution < 1.29 is 24.3 Å². The highest BCUT2D eigenvalue weighted by Crippen LogP contribution is 2.18. The second-order valence-corrected chi connectivity index (χ2v) is 6.85. The van der Waals surface area contributed by atoms with Gasteiger partial charge in [-0.05, 0) is 18.1 Å². The maximum absolute atomic E-state index is 12.5. The molecule has 0 radical (unpaired) electrons. The minimum absolute atomic E-state index is 0.168. The van der Waals surface area contributed by atoms with E-state index in [2.05, 4.69) is 28.2 Å². The van der Waals surface area contributed by atoms with E-state index in [1.165, 1.54) is 0 Å². The highest BCUT2D eigenvalue weighted by molar-refractivity contribution is 7.80. The van der Waals surface area contributed by atoms with Gasteiger partial charge in [0.2, 0.25) is 17.7 Å². The Morgan fingerprint density at radius 2 is 1.76 bits per heavy atom. The molecule has 0 aliphatic rings. The zero-order chi connectivity index (χ0) is 21.6. The molecule has 1 aromatic heterocycles. The number of thiol groups is 1. The van der Waals surface area contributed by atoms with E-state index in [4.69, 9.17) is 16.6 Å². The number of aromatic nitrogens is 1. The van der Waals surface area contributed by atoms with Crippen molar-refractivity contribution in [1.29, 1.82) is 0 Å². The molecular formula is C18H23N5O5S. The number of carboxylic acid groups (broad SMARTS) is 1. The lowest BCUT2D eigenvalue weighted by atomic mass is 10.0. The van der Waals surface area contributed by atoms with Gasteiger partial charge in [-0.15, -0.1) is 0 Å². The van der Waals surface area contributed by atoms with Crippen LogP contribution in [-0.2, 0) is 25.6 Å². The zero-order valence-electron chi connectivity index (χ0n) is 15.4. The average Bonchev–Trinajstić information content (AvgIpc) is 3.07. The van der Waals surface area contributed by atoms with Crippen LogP contribution in [0.2, 0.25) is 0 Å². The molecule has 0 saturated heterocycles. The van der Waals surface area contributed by atoms with Crippen LogP contribution in [0.5, 0.6) is 0 Å². The summed E-state index contributed by atoms with van der Waals surface area (Å²) in [6.45, 7) is 0. The van der Waals surface area contributed by atoms with Gasteiger partial charge >= 0.3 is 5.97 Å². The molecule has 8 N–H and O–H groups in total. The summed E-state index contributed by atoms with van der Waals surface area (Å²) in [7, 11) is 0. The highest BCUT2D eigenvalue weighted by Gasteiger charge is 2.28. The van der Waals surface area contributed by atoms with E-state index in [0.29, 0.717) is 0 Å². The monoisotopic (exact) mass is 421 g/mol. The van der Waals surface area contributed by atoms with Gasteiger partial charge in [-0.25, -0.2) is 4.79 Å². The number of carbonyl (C=O) groups is 4. The fourth-order valence-electron chi connectivity index (χ4n) is 2.78. The minimum Gasteiger partial charge on any atom is -0.480 e. The van der Waals surface area contributed by atoms with Crippen molar-refractivity contribution in [2.75, 3.05) is 5.75 Å². The van der Waals surface area contributed by atoms with Crippen molar-refractivity contribution in [3.63, 3.8) is 0 Å². The number of amides is 3. The highest BCUT2D eigenvalue weighted by atomic mass is 32.1. The van der Waals surface area contributed by atoms with Gasteiger partial charge in [-0.2, -0.15) is 12.6 Å². The van der Waals surface area contributed by atoms with Crippen molar-refractivity contribution in [1.82, 2.24) is 15.6 Å². The summed E-state index contributed by atoms with van der Waals surface area (Å²) < 4.78 is 0. The molecule has 3 unspecified atom stereocenters. The molecule has 1 heterocycles. The molecule has 29 heavy (non-hydrogen) atoms. The fraction of sp³-hybridized carbons (Fsp3) is 0.333. The SMILES string of the molecule is NC(=O)CC(NC(=O)C(N)Cc1c[nH]c2ccccc12)C(=O)NC(CS)C(=O)O. The number of carboxylic acids is 1. The number of primary amides is 1. The summed E-state index contributed by atoms with van der Waals surface area (Å²) in [5, 5.41) is 14.5. The van der Waals surface area contributed by atoms with Gasteiger partial charge < -0.3 is 32.2 Å². The van der Waals surface area contributed by atoms with Crippen LogP contribution in [0.3, 0.4) is 0 Å². The van der Waals surface area contributed by atoms with Crippen LogP contribution in [0.15, 0.2) is 30.5 Å². The quantitative estimate of drug-likeness (QED) is 0.239. The van der Waals surface area contributed by atoms with Crippen LogP contribution in [0, 0.1) is 0 Å². The summed E-state index contributed by atoms with van der Waals surface area (Å²) in [5.41, 5.74) is 12.8. The van der Waals surface area contributed by atoms with E-state index in [9.17, 15) is 19.2 Å². The molecule has 3 atom stereocenters. The number of fused-ring (bicyclic) bond motifs is 1. The number of nitrogens with one attached hydrogen (secondary N) is 3. The van der Waals surface area contributed by atoms with Gasteiger partial charge in [0, 0.05) is 22.9 Å². The second-order valence-electron chi connectivity index (χ2n) is 6.48. The Labute approximate surface area is 171 Å². The van der Waals surface area contributed by atoms with E-state index in [0.717, 1.165) is 16.5 Å². The Balaban J connectivity index is 2.07. The third-order valence-corrected chi connectivity index (χ3v) is 4.65. The van der Waals surface area contributed by atoms with Gasteiger partial charge in [0.25, 0.3) is 0 Å². The molecule has 0 aliphatic heterocycles. The van der Waals surface area contributed by atoms with E-state index in [1.54, 1.807) is 6.20 Å². The molecule has 0 spiro atoms. The lowest BCUT2D eigenvalue weighted by Crippen LogP contribution is -2.56. The molecule has 2 aromatic rings. The maximum atomic E-state index is 12.5. The van der Waals surface area contributed by atoms with Crippen LogP contribution < -0.4 is 22.1 Å². The number of hydrogen-bond donors (Lipinski definition) is 7. The first-order valence-corrected chi connectivity index (χ1v) is 9.39. The summed E-state index contributed by atoms with van der Waals surface area (Å²) in [4.78, 5) is 50.2. The van der Waals surface area contributed by atoms with Crippen molar-refractivity contribution in [2.45, 2.75) is 31.0 Å². The number of hydrogen-bond acceptors (Lipinski definition) is 6.